The summed E-state index contributed by atoms with van der Waals surface area (Å²) in [6.45, 7) is 13.9. The van der Waals surface area contributed by atoms with Crippen LogP contribution in [0, 0.1) is 17.8 Å². The molecule has 67 heavy (non-hydrogen) atoms. The van der Waals surface area contributed by atoms with Crippen LogP contribution in [0.2, 0.25) is 0 Å². The molecule has 3 aliphatic rings. The van der Waals surface area contributed by atoms with Crippen molar-refractivity contribution in [3.8, 4) is 0 Å². The van der Waals surface area contributed by atoms with Gasteiger partial charge >= 0.3 is 0 Å². The monoisotopic (exact) mass is 916 g/mol. The van der Waals surface area contributed by atoms with Gasteiger partial charge in [-0.05, 0) is 84.0 Å². The van der Waals surface area contributed by atoms with Gasteiger partial charge in [0.1, 0.15) is 24.2 Å². The van der Waals surface area contributed by atoms with Crippen molar-refractivity contribution in [2.24, 2.45) is 10.8 Å². The lowest BCUT2D eigenvalue weighted by Gasteiger charge is -2.41. The number of carbonyl (C=O) groups excluding carboxylic acids is 5. The highest BCUT2D eigenvalue weighted by Crippen LogP contribution is 2.38. The van der Waals surface area contributed by atoms with Gasteiger partial charge in [0, 0.05) is 38.8 Å². The summed E-state index contributed by atoms with van der Waals surface area (Å²) in [5.41, 5.74) is 4.88. The molecule has 0 bridgehead atoms. The Balaban J connectivity index is 1.20. The van der Waals surface area contributed by atoms with Crippen LogP contribution in [-0.2, 0) is 49.8 Å². The number of hydrogen-bond donors (Lipinski definition) is 5. The third kappa shape index (κ3) is 11.3. The van der Waals surface area contributed by atoms with Crippen molar-refractivity contribution >= 4 is 29.5 Å². The molecule has 0 radical (unpaired) electrons. The zero-order chi connectivity index (χ0) is 48.2. The number of aromatic nitrogens is 2. The molecule has 7 atom stereocenters. The van der Waals surface area contributed by atoms with E-state index in [9.17, 15) is 24.0 Å². The predicted molar refractivity (Wildman–Crippen MR) is 255 cm³/mol. The first kappa shape index (κ1) is 49.0. The molecule has 15 nitrogen and oxygen atoms in total. The fourth-order valence-electron chi connectivity index (χ4n) is 10.1. The van der Waals surface area contributed by atoms with Crippen molar-refractivity contribution < 1.29 is 28.4 Å². The van der Waals surface area contributed by atoms with Gasteiger partial charge in [0.05, 0.1) is 18.6 Å². The Morgan fingerprint density at radius 2 is 1.48 bits per heavy atom. The fourth-order valence-corrected chi connectivity index (χ4v) is 10.1. The largest absolute Gasteiger partial charge is 0.423 e. The van der Waals surface area contributed by atoms with Crippen molar-refractivity contribution in [3.63, 3.8) is 0 Å². The van der Waals surface area contributed by atoms with Gasteiger partial charge in [-0.2, -0.15) is 0 Å². The normalized spacial score (nSPS) is 20.8. The van der Waals surface area contributed by atoms with E-state index in [2.05, 4.69) is 55.0 Å². The number of likely N-dealkylation sites (N-methyl/N-ethyl adjacent to an activating group) is 2. The number of amides is 5. The summed E-state index contributed by atoms with van der Waals surface area (Å²) in [7, 11) is 3.44. The van der Waals surface area contributed by atoms with Crippen LogP contribution in [0.15, 0.2) is 77.2 Å². The van der Waals surface area contributed by atoms with Crippen LogP contribution >= 0.6 is 0 Å². The highest BCUT2D eigenvalue weighted by atomic mass is 16.4. The Morgan fingerprint density at radius 3 is 2.15 bits per heavy atom. The maximum absolute atomic E-state index is 15.0. The summed E-state index contributed by atoms with van der Waals surface area (Å²) in [6, 6.07) is 20.1. The molecule has 0 saturated carbocycles. The molecule has 5 amide bonds. The number of nitrogens with one attached hydrogen (secondary N) is 5. The lowest BCUT2D eigenvalue weighted by Crippen LogP contribution is -2.61. The minimum absolute atomic E-state index is 0.0338. The highest BCUT2D eigenvalue weighted by molar-refractivity contribution is 5.94. The summed E-state index contributed by atoms with van der Waals surface area (Å²) in [6.07, 6.45) is 3.71. The van der Waals surface area contributed by atoms with Gasteiger partial charge in [0.2, 0.25) is 41.3 Å². The Bertz CT molecular complexity index is 2420. The molecule has 358 valence electrons. The third-order valence-corrected chi connectivity index (χ3v) is 13.6. The smallest absolute Gasteiger partial charge is 0.246 e. The molecular weight excluding hydrogens is 847 g/mol. The molecule has 3 heterocycles. The summed E-state index contributed by atoms with van der Waals surface area (Å²) >= 11 is 0. The molecule has 1 aromatic heterocycles. The zero-order valence-corrected chi connectivity index (χ0v) is 40.6. The minimum Gasteiger partial charge on any atom is -0.423 e. The van der Waals surface area contributed by atoms with Crippen LogP contribution in [0.4, 0.5) is 0 Å². The minimum atomic E-state index is -0.915. The zero-order valence-electron chi connectivity index (χ0n) is 40.6. The Morgan fingerprint density at radius 1 is 0.776 bits per heavy atom. The maximum Gasteiger partial charge on any atom is 0.246 e. The average molecular weight is 916 g/mol. The first-order valence-electron chi connectivity index (χ1n) is 23.7. The van der Waals surface area contributed by atoms with E-state index in [1.54, 1.807) is 30.8 Å². The van der Waals surface area contributed by atoms with Crippen molar-refractivity contribution in [3.05, 3.63) is 118 Å². The third-order valence-electron chi connectivity index (χ3n) is 13.6. The van der Waals surface area contributed by atoms with Crippen molar-refractivity contribution in [1.29, 1.82) is 0 Å². The van der Waals surface area contributed by atoms with Crippen LogP contribution in [-0.4, -0.2) is 101 Å². The van der Waals surface area contributed by atoms with Crippen LogP contribution in [0.25, 0.3) is 0 Å². The number of likely N-dealkylation sites (tertiary alicyclic amines) is 1. The highest BCUT2D eigenvalue weighted by Gasteiger charge is 2.46. The van der Waals surface area contributed by atoms with E-state index in [-0.39, 0.29) is 73.4 Å². The molecule has 2 aliphatic heterocycles. The van der Waals surface area contributed by atoms with Gasteiger partial charge < -0.3 is 40.8 Å². The van der Waals surface area contributed by atoms with Crippen molar-refractivity contribution in [1.82, 2.24) is 46.6 Å². The summed E-state index contributed by atoms with van der Waals surface area (Å²) in [4.78, 5) is 75.2. The quantitative estimate of drug-likeness (QED) is 0.115. The van der Waals surface area contributed by atoms with Crippen molar-refractivity contribution in [2.75, 3.05) is 27.2 Å². The number of nitrogens with zero attached hydrogens (tertiary/aromatic N) is 4. The Hall–Kier alpha value is -5.93. The number of hydrogen-bond acceptors (Lipinski definition) is 10. The molecule has 3 aromatic carbocycles. The average Bonchev–Trinajstić information content (AvgIpc) is 3.94. The van der Waals surface area contributed by atoms with E-state index in [0.29, 0.717) is 18.7 Å². The number of benzene rings is 3. The summed E-state index contributed by atoms with van der Waals surface area (Å²) < 4.78 is 5.86. The summed E-state index contributed by atoms with van der Waals surface area (Å²) in [5.74, 6) is -0.975. The van der Waals surface area contributed by atoms with Gasteiger partial charge in [-0.15, -0.1) is 10.2 Å². The molecule has 4 unspecified atom stereocenters. The van der Waals surface area contributed by atoms with E-state index in [4.69, 9.17) is 4.42 Å². The molecule has 5 N–H and O–H groups in total. The SMILES string of the molecule is CNCC(=O)NC(C(=O)N1Cc2cc([C@H]3C[C@@H](C(=O)NC(Cc4ccccc4)c4nnc(C)o4)N(C(=O)[C@@H](NC)C(C)(C)C)C3)ccc2CC1C(=O)NC1CCCc2ccccc21)C(C)(C)C. The van der Waals surface area contributed by atoms with Gasteiger partial charge in [0.15, 0.2) is 0 Å². The van der Waals surface area contributed by atoms with E-state index >= 15 is 0 Å². The van der Waals surface area contributed by atoms with Crippen LogP contribution < -0.4 is 26.6 Å². The first-order valence-corrected chi connectivity index (χ1v) is 23.7. The standard InChI is InChI=1S/C52H69N9O6/c1-31-58-59-48(67-31)40(24-32-16-11-10-12-17-32)56-47(64)42-27-37(30-60(42)49(65)44(54-9)51(2,3)4)34-22-23-35-26-41(46(63)55-39-21-15-19-33-18-13-14-20-38(33)39)61(29-36(35)25-34)50(66)45(52(5,6)7)57-43(62)28-53-8/h10-14,16-18,20,22-23,25,37,39-42,44-45,53-54H,15,19,21,24,26-30H2,1-9H3,(H,55,63)(H,56,64)(H,57,62)/t37-,39?,40?,41?,42-,44+,45?/m0/s1. The van der Waals surface area contributed by atoms with Gasteiger partial charge in [-0.3, -0.25) is 24.0 Å². The summed E-state index contributed by atoms with van der Waals surface area (Å²) in [5, 5.41) is 23.9. The molecule has 1 aliphatic carbocycles. The van der Waals surface area contributed by atoms with Crippen molar-refractivity contribution in [2.45, 2.75) is 136 Å². The predicted octanol–water partition coefficient (Wildman–Crippen LogP) is 4.99. The number of aryl methyl sites for hydroxylation is 2. The Kier molecular flexibility index (Phi) is 15.0. The number of carbonyl (C=O) groups is 5. The fraction of sp³-hybridized carbons (Fsp3) is 0.519. The van der Waals surface area contributed by atoms with E-state index in [0.717, 1.165) is 47.1 Å². The number of fused-ring (bicyclic) bond motifs is 2. The Labute approximate surface area is 395 Å². The second-order valence-corrected chi connectivity index (χ2v) is 20.7. The molecule has 1 saturated heterocycles. The van der Waals surface area contributed by atoms with E-state index < -0.39 is 41.0 Å². The first-order chi connectivity index (χ1) is 31.9. The molecule has 1 fully saturated rings. The lowest BCUT2D eigenvalue weighted by molar-refractivity contribution is -0.147. The lowest BCUT2D eigenvalue weighted by atomic mass is 9.83. The molecule has 4 aromatic rings. The van der Waals surface area contributed by atoms with Gasteiger partial charge in [0.25, 0.3) is 0 Å². The molecule has 0 spiro atoms. The molecule has 7 rings (SSSR count). The second kappa shape index (κ2) is 20.5. The van der Waals surface area contributed by atoms with E-state index in [1.165, 1.54) is 5.56 Å². The van der Waals surface area contributed by atoms with Crippen LogP contribution in [0.5, 0.6) is 0 Å². The van der Waals surface area contributed by atoms with Crippen LogP contribution in [0.1, 0.15) is 124 Å². The topological polar surface area (TPSA) is 191 Å². The molecular formula is C52H69N9O6. The number of rotatable bonds is 14. The van der Waals surface area contributed by atoms with E-state index in [1.807, 2.05) is 96.1 Å². The van der Waals surface area contributed by atoms with Crippen LogP contribution in [0.3, 0.4) is 0 Å². The maximum atomic E-state index is 15.0. The molecule has 15 heteroatoms. The second-order valence-electron chi connectivity index (χ2n) is 20.7. The van der Waals surface area contributed by atoms with Gasteiger partial charge in [-0.25, -0.2) is 0 Å². The van der Waals surface area contributed by atoms with Gasteiger partial charge in [-0.1, -0.05) is 114 Å².